The maximum atomic E-state index is 10.3. The molecule has 0 saturated carbocycles. The van der Waals surface area contributed by atoms with E-state index >= 15 is 0 Å². The lowest BCUT2D eigenvalue weighted by molar-refractivity contribution is -0.743. The zero-order chi connectivity index (χ0) is 11.7. The summed E-state index contributed by atoms with van der Waals surface area (Å²) in [7, 11) is 0. The highest BCUT2D eigenvalue weighted by Crippen LogP contribution is 2.10. The van der Waals surface area contributed by atoms with Crippen molar-refractivity contribution in [1.82, 2.24) is 0 Å². The Hall–Kier alpha value is -1.20. The normalized spacial score (nSPS) is 10.5. The number of unbranched alkanes of at least 4 members (excludes halogenated alkanes) is 5. The van der Waals surface area contributed by atoms with Gasteiger partial charge in [0.1, 0.15) is 0 Å². The number of hydrogen-bond acceptors (Lipinski definition) is 4. The van der Waals surface area contributed by atoms with E-state index in [1.165, 1.54) is 0 Å². The van der Waals surface area contributed by atoms with Crippen LogP contribution in [0, 0.1) is 20.2 Å². The quantitative estimate of drug-likeness (QED) is 0.257. The third-order valence-electron chi connectivity index (χ3n) is 2.30. The van der Waals surface area contributed by atoms with Crippen LogP contribution in [0.5, 0.6) is 0 Å². The van der Waals surface area contributed by atoms with E-state index in [1.54, 1.807) is 0 Å². The molecule has 0 unspecified atom stereocenters. The molecule has 6 heteroatoms. The van der Waals surface area contributed by atoms with Gasteiger partial charge in [-0.05, 0) is 6.42 Å². The summed E-state index contributed by atoms with van der Waals surface area (Å²) in [6.07, 6.45) is 4.27. The maximum Gasteiger partial charge on any atom is 0.450 e. The van der Waals surface area contributed by atoms with E-state index < -0.39 is 16.0 Å². The van der Waals surface area contributed by atoms with Gasteiger partial charge in [-0.2, -0.15) is 0 Å². The maximum absolute atomic E-state index is 10.3. The van der Waals surface area contributed by atoms with Crippen LogP contribution in [-0.2, 0) is 0 Å². The second-order valence-corrected chi connectivity index (χ2v) is 3.61. The molecule has 0 atom stereocenters. The molecule has 0 spiro atoms. The zero-order valence-corrected chi connectivity index (χ0v) is 9.05. The van der Waals surface area contributed by atoms with Gasteiger partial charge in [0.15, 0.2) is 0 Å². The fourth-order valence-electron chi connectivity index (χ4n) is 1.40. The fourth-order valence-corrected chi connectivity index (χ4v) is 1.40. The van der Waals surface area contributed by atoms with Gasteiger partial charge in [-0.15, -0.1) is 0 Å². The van der Waals surface area contributed by atoms with E-state index in [-0.39, 0.29) is 6.42 Å². The first-order chi connectivity index (χ1) is 7.09. The van der Waals surface area contributed by atoms with Gasteiger partial charge in [0.05, 0.1) is 16.3 Å². The molecule has 0 bridgehead atoms. The standard InChI is InChI=1S/C9H18N2O4/c1-2-3-4-5-6-7-8-9(10(12)13)11(14)15/h9H,2-8H2,1H3. The fraction of sp³-hybridized carbons (Fsp3) is 1.00. The van der Waals surface area contributed by atoms with Crippen molar-refractivity contribution in [1.29, 1.82) is 0 Å². The Morgan fingerprint density at radius 1 is 0.933 bits per heavy atom. The SMILES string of the molecule is CCCCCCCCC([N+](=O)[O-])[N+](=O)[O-]. The molecule has 0 N–H and O–H groups in total. The molecule has 6 nitrogen and oxygen atoms in total. The van der Waals surface area contributed by atoms with E-state index in [4.69, 9.17) is 0 Å². The molecule has 0 aliphatic rings. The van der Waals surface area contributed by atoms with Crippen LogP contribution in [0.3, 0.4) is 0 Å². The predicted molar refractivity (Wildman–Crippen MR) is 55.8 cm³/mol. The van der Waals surface area contributed by atoms with E-state index in [1.807, 2.05) is 0 Å². The first-order valence-corrected chi connectivity index (χ1v) is 5.36. The smallest absolute Gasteiger partial charge is 0.259 e. The van der Waals surface area contributed by atoms with Gasteiger partial charge in [-0.25, -0.2) is 0 Å². The van der Waals surface area contributed by atoms with Gasteiger partial charge >= 0.3 is 6.17 Å². The Morgan fingerprint density at radius 2 is 1.40 bits per heavy atom. The summed E-state index contributed by atoms with van der Waals surface area (Å²) in [5.74, 6) is 0. The van der Waals surface area contributed by atoms with Gasteiger partial charge in [-0.1, -0.05) is 39.0 Å². The second-order valence-electron chi connectivity index (χ2n) is 3.61. The zero-order valence-electron chi connectivity index (χ0n) is 9.05. The van der Waals surface area contributed by atoms with Crippen LogP contribution in [0.4, 0.5) is 0 Å². The lowest BCUT2D eigenvalue weighted by Crippen LogP contribution is -2.28. The number of nitrogens with zero attached hydrogens (tertiary/aromatic N) is 2. The van der Waals surface area contributed by atoms with Gasteiger partial charge in [0, 0.05) is 0 Å². The minimum Gasteiger partial charge on any atom is -0.259 e. The molecule has 0 aromatic carbocycles. The molecule has 0 amide bonds. The lowest BCUT2D eigenvalue weighted by Gasteiger charge is -2.02. The molecule has 0 fully saturated rings. The third kappa shape index (κ3) is 6.82. The number of hydrogen-bond donors (Lipinski definition) is 0. The van der Waals surface area contributed by atoms with Crippen molar-refractivity contribution < 1.29 is 9.85 Å². The molecule has 0 saturated heterocycles. The first kappa shape index (κ1) is 13.8. The Bertz CT molecular complexity index is 194. The summed E-state index contributed by atoms with van der Waals surface area (Å²) in [4.78, 5) is 18.9. The molecule has 0 aliphatic carbocycles. The minimum absolute atomic E-state index is 0.0477. The van der Waals surface area contributed by atoms with Crippen molar-refractivity contribution in [3.8, 4) is 0 Å². The molecule has 0 radical (unpaired) electrons. The van der Waals surface area contributed by atoms with Crippen LogP contribution in [-0.4, -0.2) is 16.0 Å². The molecule has 0 heterocycles. The molecular formula is C9H18N2O4. The van der Waals surface area contributed by atoms with E-state index in [0.717, 1.165) is 32.1 Å². The Balaban J connectivity index is 3.55. The van der Waals surface area contributed by atoms with Gasteiger partial charge < -0.3 is 0 Å². The van der Waals surface area contributed by atoms with Crippen molar-refractivity contribution in [2.45, 2.75) is 58.0 Å². The van der Waals surface area contributed by atoms with Crippen LogP contribution < -0.4 is 0 Å². The van der Waals surface area contributed by atoms with Crippen LogP contribution in [0.2, 0.25) is 0 Å². The van der Waals surface area contributed by atoms with E-state index in [2.05, 4.69) is 6.92 Å². The van der Waals surface area contributed by atoms with E-state index in [9.17, 15) is 20.2 Å². The van der Waals surface area contributed by atoms with Crippen molar-refractivity contribution in [3.63, 3.8) is 0 Å². The lowest BCUT2D eigenvalue weighted by atomic mass is 10.1. The van der Waals surface area contributed by atoms with Crippen LogP contribution in [0.15, 0.2) is 0 Å². The average molecular weight is 218 g/mol. The Labute approximate surface area is 89.0 Å². The van der Waals surface area contributed by atoms with Crippen LogP contribution in [0.1, 0.15) is 51.9 Å². The van der Waals surface area contributed by atoms with Gasteiger partial charge in [0.2, 0.25) is 0 Å². The Morgan fingerprint density at radius 3 is 1.87 bits per heavy atom. The van der Waals surface area contributed by atoms with Crippen molar-refractivity contribution in [2.24, 2.45) is 0 Å². The molecular weight excluding hydrogens is 200 g/mol. The Kier molecular flexibility index (Phi) is 7.49. The second kappa shape index (κ2) is 8.14. The molecule has 88 valence electrons. The number of nitro groups is 2. The predicted octanol–water partition coefficient (Wildman–Crippen LogP) is 2.62. The van der Waals surface area contributed by atoms with Gasteiger partial charge in [0.25, 0.3) is 0 Å². The first-order valence-electron chi connectivity index (χ1n) is 5.36. The third-order valence-corrected chi connectivity index (χ3v) is 2.30. The van der Waals surface area contributed by atoms with Crippen molar-refractivity contribution in [3.05, 3.63) is 20.2 Å². The summed E-state index contributed by atoms with van der Waals surface area (Å²) in [5.41, 5.74) is 0. The molecule has 0 aliphatic heterocycles. The molecule has 0 aromatic heterocycles. The highest BCUT2D eigenvalue weighted by Gasteiger charge is 2.30. The summed E-state index contributed by atoms with van der Waals surface area (Å²) in [6, 6.07) is 0. The largest absolute Gasteiger partial charge is 0.450 e. The summed E-state index contributed by atoms with van der Waals surface area (Å²) >= 11 is 0. The average Bonchev–Trinajstić information content (AvgIpc) is 2.15. The molecule has 0 aromatic rings. The van der Waals surface area contributed by atoms with E-state index in [0.29, 0.717) is 6.42 Å². The summed E-state index contributed by atoms with van der Waals surface area (Å²) in [6.45, 7) is 2.11. The highest BCUT2D eigenvalue weighted by molar-refractivity contribution is 4.47. The van der Waals surface area contributed by atoms with Gasteiger partial charge in [-0.3, -0.25) is 20.2 Å². The van der Waals surface area contributed by atoms with Crippen molar-refractivity contribution in [2.75, 3.05) is 0 Å². The minimum atomic E-state index is -1.61. The number of rotatable bonds is 9. The topological polar surface area (TPSA) is 86.3 Å². The monoisotopic (exact) mass is 218 g/mol. The van der Waals surface area contributed by atoms with Crippen molar-refractivity contribution >= 4 is 0 Å². The summed E-state index contributed by atoms with van der Waals surface area (Å²) in [5, 5.41) is 20.5. The van der Waals surface area contributed by atoms with Crippen LogP contribution in [0.25, 0.3) is 0 Å². The molecule has 15 heavy (non-hydrogen) atoms. The highest BCUT2D eigenvalue weighted by atomic mass is 16.7. The molecule has 0 rings (SSSR count). The van der Waals surface area contributed by atoms with Crippen LogP contribution >= 0.6 is 0 Å². The summed E-state index contributed by atoms with van der Waals surface area (Å²) < 4.78 is 0.